The summed E-state index contributed by atoms with van der Waals surface area (Å²) >= 11 is 1.61. The van der Waals surface area contributed by atoms with Crippen molar-refractivity contribution in [1.82, 2.24) is 5.32 Å². The second-order valence-corrected chi connectivity index (χ2v) is 3.06. The SMILES string of the molecule is CCO[C@@H]1CSCC(=O)N1. The molecule has 1 aliphatic heterocycles. The number of thioether (sulfide) groups is 1. The van der Waals surface area contributed by atoms with Crippen LogP contribution in [0.1, 0.15) is 6.92 Å². The third kappa shape index (κ3) is 2.19. The van der Waals surface area contributed by atoms with Gasteiger partial charge in [-0.25, -0.2) is 0 Å². The quantitative estimate of drug-likeness (QED) is 0.629. The maximum Gasteiger partial charge on any atom is 0.232 e. The number of amides is 1. The third-order valence-electron chi connectivity index (χ3n) is 1.19. The maximum atomic E-state index is 10.7. The van der Waals surface area contributed by atoms with E-state index in [0.717, 1.165) is 5.75 Å². The summed E-state index contributed by atoms with van der Waals surface area (Å²) in [5, 5.41) is 2.74. The second-order valence-electron chi connectivity index (χ2n) is 2.03. The first-order valence-corrected chi connectivity index (χ1v) is 4.47. The van der Waals surface area contributed by atoms with E-state index < -0.39 is 0 Å². The van der Waals surface area contributed by atoms with Gasteiger partial charge in [0.15, 0.2) is 0 Å². The van der Waals surface area contributed by atoms with E-state index in [0.29, 0.717) is 12.4 Å². The lowest BCUT2D eigenvalue weighted by molar-refractivity contribution is -0.122. The minimum absolute atomic E-state index is 0.0590. The molecule has 1 saturated heterocycles. The molecule has 1 aliphatic rings. The van der Waals surface area contributed by atoms with Gasteiger partial charge in [0.25, 0.3) is 0 Å². The van der Waals surface area contributed by atoms with E-state index in [1.165, 1.54) is 0 Å². The Bertz CT molecular complexity index is 127. The Hall–Kier alpha value is -0.220. The topological polar surface area (TPSA) is 38.3 Å². The van der Waals surface area contributed by atoms with Crippen molar-refractivity contribution in [2.45, 2.75) is 13.2 Å². The molecule has 10 heavy (non-hydrogen) atoms. The van der Waals surface area contributed by atoms with Crippen LogP contribution in [0.2, 0.25) is 0 Å². The van der Waals surface area contributed by atoms with Crippen LogP contribution in [-0.4, -0.2) is 30.2 Å². The molecule has 3 nitrogen and oxygen atoms in total. The summed E-state index contributed by atoms with van der Waals surface area (Å²) in [6.07, 6.45) is -0.0590. The molecule has 0 saturated carbocycles. The predicted molar refractivity (Wildman–Crippen MR) is 40.9 cm³/mol. The van der Waals surface area contributed by atoms with Crippen molar-refractivity contribution in [3.63, 3.8) is 0 Å². The Morgan fingerprint density at radius 3 is 3.30 bits per heavy atom. The maximum absolute atomic E-state index is 10.7. The molecule has 0 spiro atoms. The normalized spacial score (nSPS) is 26.1. The Labute approximate surface area is 64.5 Å². The van der Waals surface area contributed by atoms with Crippen LogP contribution in [0.3, 0.4) is 0 Å². The largest absolute Gasteiger partial charge is 0.358 e. The number of carbonyl (C=O) groups is 1. The van der Waals surface area contributed by atoms with Gasteiger partial charge in [-0.05, 0) is 6.92 Å². The molecule has 1 heterocycles. The zero-order valence-electron chi connectivity index (χ0n) is 5.92. The minimum Gasteiger partial charge on any atom is -0.358 e. The zero-order chi connectivity index (χ0) is 7.40. The highest BCUT2D eigenvalue weighted by Gasteiger charge is 2.17. The minimum atomic E-state index is -0.0590. The van der Waals surface area contributed by atoms with Crippen molar-refractivity contribution in [3.8, 4) is 0 Å². The fraction of sp³-hybridized carbons (Fsp3) is 0.833. The van der Waals surface area contributed by atoms with Crippen molar-refractivity contribution < 1.29 is 9.53 Å². The molecule has 4 heteroatoms. The van der Waals surface area contributed by atoms with E-state index >= 15 is 0 Å². The number of hydrogen-bond donors (Lipinski definition) is 1. The van der Waals surface area contributed by atoms with Gasteiger partial charge in [-0.2, -0.15) is 0 Å². The van der Waals surface area contributed by atoms with E-state index in [2.05, 4.69) is 5.32 Å². The van der Waals surface area contributed by atoms with Crippen LogP contribution in [-0.2, 0) is 9.53 Å². The number of hydrogen-bond acceptors (Lipinski definition) is 3. The van der Waals surface area contributed by atoms with Crippen LogP contribution >= 0.6 is 11.8 Å². The molecule has 1 fully saturated rings. The fourth-order valence-electron chi connectivity index (χ4n) is 0.813. The molecule has 0 radical (unpaired) electrons. The smallest absolute Gasteiger partial charge is 0.232 e. The molecular formula is C6H11NO2S. The Kier molecular flexibility index (Phi) is 3.02. The highest BCUT2D eigenvalue weighted by Crippen LogP contribution is 2.08. The number of carbonyl (C=O) groups excluding carboxylic acids is 1. The number of rotatable bonds is 2. The molecule has 0 aromatic heterocycles. The van der Waals surface area contributed by atoms with Crippen molar-refractivity contribution >= 4 is 17.7 Å². The average molecular weight is 161 g/mol. The average Bonchev–Trinajstić information content (AvgIpc) is 1.88. The number of nitrogens with one attached hydrogen (secondary N) is 1. The van der Waals surface area contributed by atoms with Crippen LogP contribution in [0.4, 0.5) is 0 Å². The lowest BCUT2D eigenvalue weighted by atomic mass is 10.5. The summed E-state index contributed by atoms with van der Waals surface area (Å²) in [5.74, 6) is 1.53. The zero-order valence-corrected chi connectivity index (χ0v) is 6.74. The van der Waals surface area contributed by atoms with Crippen molar-refractivity contribution in [1.29, 1.82) is 0 Å². The molecule has 58 valence electrons. The summed E-state index contributed by atoms with van der Waals surface area (Å²) in [6, 6.07) is 0. The summed E-state index contributed by atoms with van der Waals surface area (Å²) in [4.78, 5) is 10.7. The van der Waals surface area contributed by atoms with Gasteiger partial charge in [-0.1, -0.05) is 0 Å². The van der Waals surface area contributed by atoms with Gasteiger partial charge in [0, 0.05) is 12.4 Å². The first-order valence-electron chi connectivity index (χ1n) is 3.31. The van der Waals surface area contributed by atoms with Gasteiger partial charge in [0.05, 0.1) is 5.75 Å². The Morgan fingerprint density at radius 2 is 2.70 bits per heavy atom. The van der Waals surface area contributed by atoms with Gasteiger partial charge in [-0.15, -0.1) is 11.8 Å². The lowest BCUT2D eigenvalue weighted by Gasteiger charge is -2.22. The van der Waals surface area contributed by atoms with Crippen molar-refractivity contribution in [3.05, 3.63) is 0 Å². The van der Waals surface area contributed by atoms with E-state index in [1.54, 1.807) is 11.8 Å². The Balaban J connectivity index is 2.25. The predicted octanol–water partition coefficient (Wildman–Crippen LogP) is 0.212. The molecule has 0 bridgehead atoms. The third-order valence-corrected chi connectivity index (χ3v) is 2.20. The summed E-state index contributed by atoms with van der Waals surface area (Å²) in [6.45, 7) is 2.58. The second kappa shape index (κ2) is 3.83. The fourth-order valence-corrected chi connectivity index (χ4v) is 1.59. The van der Waals surface area contributed by atoms with Crippen LogP contribution in [0.15, 0.2) is 0 Å². The van der Waals surface area contributed by atoms with Crippen LogP contribution < -0.4 is 5.32 Å². The molecule has 1 amide bonds. The van der Waals surface area contributed by atoms with Crippen LogP contribution in [0, 0.1) is 0 Å². The van der Waals surface area contributed by atoms with Crippen LogP contribution in [0.5, 0.6) is 0 Å². The van der Waals surface area contributed by atoms with Gasteiger partial charge in [0.1, 0.15) is 6.23 Å². The van der Waals surface area contributed by atoms with Gasteiger partial charge < -0.3 is 10.1 Å². The van der Waals surface area contributed by atoms with E-state index in [1.807, 2.05) is 6.92 Å². The standard InChI is InChI=1S/C6H11NO2S/c1-2-9-6-4-10-3-5(8)7-6/h6H,2-4H2,1H3,(H,7,8)/t6-/m1/s1. The van der Waals surface area contributed by atoms with Gasteiger partial charge >= 0.3 is 0 Å². The van der Waals surface area contributed by atoms with E-state index in [-0.39, 0.29) is 12.1 Å². The van der Waals surface area contributed by atoms with Crippen molar-refractivity contribution in [2.24, 2.45) is 0 Å². The molecule has 0 aromatic carbocycles. The monoisotopic (exact) mass is 161 g/mol. The van der Waals surface area contributed by atoms with E-state index in [9.17, 15) is 4.79 Å². The highest BCUT2D eigenvalue weighted by atomic mass is 32.2. The highest BCUT2D eigenvalue weighted by molar-refractivity contribution is 8.00. The molecule has 1 rings (SSSR count). The molecule has 0 aliphatic carbocycles. The molecule has 0 aromatic rings. The summed E-state index contributed by atoms with van der Waals surface area (Å²) < 4.78 is 5.20. The van der Waals surface area contributed by atoms with Gasteiger partial charge in [-0.3, -0.25) is 4.79 Å². The summed E-state index contributed by atoms with van der Waals surface area (Å²) in [5.41, 5.74) is 0. The van der Waals surface area contributed by atoms with E-state index in [4.69, 9.17) is 4.74 Å². The first kappa shape index (κ1) is 7.88. The molecule has 1 atom stereocenters. The lowest BCUT2D eigenvalue weighted by Crippen LogP contribution is -2.43. The van der Waals surface area contributed by atoms with Gasteiger partial charge in [0.2, 0.25) is 5.91 Å². The molecule has 1 N–H and O–H groups in total. The molecule has 0 unspecified atom stereocenters. The summed E-state index contributed by atoms with van der Waals surface area (Å²) in [7, 11) is 0. The first-order chi connectivity index (χ1) is 4.83. The molecular weight excluding hydrogens is 150 g/mol. The van der Waals surface area contributed by atoms with Crippen molar-refractivity contribution in [2.75, 3.05) is 18.1 Å². The number of ether oxygens (including phenoxy) is 1. The van der Waals surface area contributed by atoms with Crippen LogP contribution in [0.25, 0.3) is 0 Å². The Morgan fingerprint density at radius 1 is 1.90 bits per heavy atom.